The van der Waals surface area contributed by atoms with E-state index < -0.39 is 10.2 Å². The molecule has 6 heteroatoms. The average Bonchev–Trinajstić information content (AvgIpc) is 2.04. The molecule has 13 heavy (non-hydrogen) atoms. The number of aromatic nitrogens is 1. The van der Waals surface area contributed by atoms with Crippen LogP contribution in [0.15, 0.2) is 24.5 Å². The Hall–Kier alpha value is -0.320. The Balaban J connectivity index is 0.00000144. The maximum Gasteiger partial charge on any atom is 0.390 e. The smallest absolute Gasteiger partial charge is 0.390 e. The highest BCUT2D eigenvalue weighted by atomic mass is 35.7. The first-order valence-electron chi connectivity index (χ1n) is 3.38. The third-order valence-electron chi connectivity index (χ3n) is 1.47. The Morgan fingerprint density at radius 3 is 2.15 bits per heavy atom. The summed E-state index contributed by atoms with van der Waals surface area (Å²) in [4.78, 5) is 1.96. The zero-order valence-electron chi connectivity index (χ0n) is 7.28. The molecule has 0 aliphatic carbocycles. The van der Waals surface area contributed by atoms with E-state index in [1.54, 1.807) is 12.4 Å². The molecule has 0 aliphatic rings. The van der Waals surface area contributed by atoms with Crippen LogP contribution in [-0.4, -0.2) is 18.3 Å². The zero-order chi connectivity index (χ0) is 9.14. The highest BCUT2D eigenvalue weighted by Gasteiger charge is 2.06. The van der Waals surface area contributed by atoms with Gasteiger partial charge in [-0.1, -0.05) is 3.97 Å². The van der Waals surface area contributed by atoms with E-state index in [0.29, 0.717) is 0 Å². The second-order valence-corrected chi connectivity index (χ2v) is 4.14. The predicted molar refractivity (Wildman–Crippen MR) is 50.4 cm³/mol. The molecule has 0 aromatic carbocycles. The Kier molecular flexibility index (Phi) is 5.29. The minimum Gasteiger partial charge on any atom is -1.00 e. The van der Waals surface area contributed by atoms with Crippen molar-refractivity contribution in [3.63, 3.8) is 0 Å². The molecule has 0 aliphatic heterocycles. The molecule has 1 aromatic heterocycles. The summed E-state index contributed by atoms with van der Waals surface area (Å²) in [5.41, 5.74) is 1.05. The van der Waals surface area contributed by atoms with Crippen molar-refractivity contribution < 1.29 is 20.6 Å². The number of anilines is 1. The van der Waals surface area contributed by atoms with Crippen LogP contribution in [0.1, 0.15) is 0 Å². The quantitative estimate of drug-likeness (QED) is 0.430. The summed E-state index contributed by atoms with van der Waals surface area (Å²) in [6, 6.07) is 3.70. The van der Waals surface area contributed by atoms with E-state index in [1.165, 1.54) is 3.97 Å². The van der Waals surface area contributed by atoms with E-state index in [2.05, 4.69) is 0 Å². The van der Waals surface area contributed by atoms with Gasteiger partial charge in [0, 0.05) is 31.9 Å². The van der Waals surface area contributed by atoms with Gasteiger partial charge in [0.05, 0.1) is 10.7 Å². The van der Waals surface area contributed by atoms with Crippen LogP contribution in [0.25, 0.3) is 0 Å². The normalized spacial score (nSPS) is 11.6. The summed E-state index contributed by atoms with van der Waals surface area (Å²) in [6.45, 7) is 0. The fraction of sp³-hybridized carbons (Fsp3) is 0.286. The van der Waals surface area contributed by atoms with Gasteiger partial charge in [-0.05, 0) is 0 Å². The molecule has 1 rings (SSSR count). The largest absolute Gasteiger partial charge is 1.00 e. The van der Waals surface area contributed by atoms with E-state index in [-0.39, 0.29) is 12.4 Å². The van der Waals surface area contributed by atoms with Gasteiger partial charge in [-0.15, -0.1) is 0 Å². The summed E-state index contributed by atoms with van der Waals surface area (Å²) in [6.07, 6.45) is 3.36. The van der Waals surface area contributed by atoms with E-state index in [0.717, 1.165) is 5.69 Å². The monoisotopic (exact) mass is 240 g/mol. The number of hydrogen-bond donors (Lipinski definition) is 0. The SMILES string of the molecule is CN(C)c1cc[n+](S(=O)Cl)cc1.[Cl-]. The van der Waals surface area contributed by atoms with Crippen LogP contribution in [-0.2, 0) is 10.2 Å². The Morgan fingerprint density at radius 1 is 1.38 bits per heavy atom. The number of hydrogen-bond acceptors (Lipinski definition) is 2. The molecule has 74 valence electrons. The zero-order valence-corrected chi connectivity index (χ0v) is 9.60. The van der Waals surface area contributed by atoms with Crippen LogP contribution in [0.2, 0.25) is 0 Å². The van der Waals surface area contributed by atoms with Crippen molar-refractivity contribution in [2.24, 2.45) is 0 Å². The molecule has 3 nitrogen and oxygen atoms in total. The predicted octanol–water partition coefficient (Wildman–Crippen LogP) is -2.29. The van der Waals surface area contributed by atoms with Crippen molar-refractivity contribution in [3.05, 3.63) is 24.5 Å². The molecule has 0 bridgehead atoms. The Labute approximate surface area is 90.8 Å². The lowest BCUT2D eigenvalue weighted by molar-refractivity contribution is -0.500. The van der Waals surface area contributed by atoms with Gasteiger partial charge >= 0.3 is 10.2 Å². The lowest BCUT2D eigenvalue weighted by Crippen LogP contribution is -3.00. The molecule has 0 radical (unpaired) electrons. The van der Waals surface area contributed by atoms with Crippen molar-refractivity contribution in [1.82, 2.24) is 0 Å². The summed E-state index contributed by atoms with van der Waals surface area (Å²) in [5, 5.41) is 0. The highest BCUT2D eigenvalue weighted by molar-refractivity contribution is 8.02. The standard InChI is InChI=1S/C7H10ClN2OS.ClH/c1-9(2)7-3-5-10(6-4-7)12(8)11;/h3-6H,1-2H3;1H/q+1;/p-1. The number of halogens is 2. The van der Waals surface area contributed by atoms with Crippen molar-refractivity contribution in [2.75, 3.05) is 19.0 Å². The van der Waals surface area contributed by atoms with Gasteiger partial charge in [-0.25, -0.2) is 0 Å². The van der Waals surface area contributed by atoms with Crippen LogP contribution in [0.3, 0.4) is 0 Å². The van der Waals surface area contributed by atoms with Crippen LogP contribution in [0.5, 0.6) is 0 Å². The molecule has 1 atom stereocenters. The van der Waals surface area contributed by atoms with E-state index >= 15 is 0 Å². The molecular formula is C7H10Cl2N2OS. The first-order valence-corrected chi connectivity index (χ1v) is 5.31. The minimum atomic E-state index is -1.48. The topological polar surface area (TPSA) is 24.2 Å². The molecule has 1 heterocycles. The first kappa shape index (κ1) is 12.7. The van der Waals surface area contributed by atoms with Crippen LogP contribution in [0.4, 0.5) is 5.69 Å². The van der Waals surface area contributed by atoms with Gasteiger partial charge in [0.15, 0.2) is 12.4 Å². The minimum absolute atomic E-state index is 0. The van der Waals surface area contributed by atoms with Gasteiger partial charge in [-0.2, -0.15) is 4.21 Å². The van der Waals surface area contributed by atoms with Crippen molar-refractivity contribution in [3.8, 4) is 0 Å². The third-order valence-corrected chi connectivity index (χ3v) is 2.52. The summed E-state index contributed by atoms with van der Waals surface area (Å²) >= 11 is 0. The molecule has 1 aromatic rings. The fourth-order valence-electron chi connectivity index (χ4n) is 0.799. The fourth-order valence-corrected chi connectivity index (χ4v) is 1.39. The van der Waals surface area contributed by atoms with Crippen molar-refractivity contribution in [1.29, 1.82) is 0 Å². The van der Waals surface area contributed by atoms with Crippen molar-refractivity contribution in [2.45, 2.75) is 0 Å². The molecule has 0 spiro atoms. The highest BCUT2D eigenvalue weighted by Crippen LogP contribution is 2.06. The lowest BCUT2D eigenvalue weighted by atomic mass is 10.4. The lowest BCUT2D eigenvalue weighted by Gasteiger charge is -2.09. The van der Waals surface area contributed by atoms with E-state index in [9.17, 15) is 4.21 Å². The maximum absolute atomic E-state index is 10.8. The number of nitrogens with zero attached hydrogens (tertiary/aromatic N) is 2. The Morgan fingerprint density at radius 2 is 1.85 bits per heavy atom. The summed E-state index contributed by atoms with van der Waals surface area (Å²) < 4.78 is 12.2. The van der Waals surface area contributed by atoms with Gasteiger partial charge in [0.2, 0.25) is 0 Å². The molecule has 0 fully saturated rings. The molecule has 0 saturated heterocycles. The van der Waals surface area contributed by atoms with Gasteiger partial charge in [0.1, 0.15) is 0 Å². The van der Waals surface area contributed by atoms with Crippen molar-refractivity contribution >= 4 is 26.6 Å². The number of rotatable bonds is 2. The third kappa shape index (κ3) is 3.50. The second kappa shape index (κ2) is 5.42. The van der Waals surface area contributed by atoms with Crippen LogP contribution >= 0.6 is 10.7 Å². The molecule has 0 N–H and O–H groups in total. The van der Waals surface area contributed by atoms with Gasteiger partial charge in [-0.3, -0.25) is 0 Å². The number of pyridine rings is 1. The van der Waals surface area contributed by atoms with E-state index in [1.807, 2.05) is 31.1 Å². The second-order valence-electron chi connectivity index (χ2n) is 2.52. The maximum atomic E-state index is 10.8. The average molecular weight is 241 g/mol. The van der Waals surface area contributed by atoms with Crippen LogP contribution < -0.4 is 21.3 Å². The van der Waals surface area contributed by atoms with Crippen LogP contribution in [0, 0.1) is 0 Å². The summed E-state index contributed by atoms with van der Waals surface area (Å²) in [7, 11) is 7.76. The summed E-state index contributed by atoms with van der Waals surface area (Å²) in [5.74, 6) is 0. The Bertz CT molecular complexity index is 289. The molecular weight excluding hydrogens is 231 g/mol. The van der Waals surface area contributed by atoms with Gasteiger partial charge < -0.3 is 17.3 Å². The molecule has 1 unspecified atom stereocenters. The molecule has 0 amide bonds. The van der Waals surface area contributed by atoms with Gasteiger partial charge in [0.25, 0.3) is 0 Å². The first-order chi connectivity index (χ1) is 5.61. The molecule has 0 saturated carbocycles. The van der Waals surface area contributed by atoms with E-state index in [4.69, 9.17) is 10.7 Å².